The van der Waals surface area contributed by atoms with Gasteiger partial charge in [0, 0.05) is 23.7 Å². The molecule has 16 heavy (non-hydrogen) atoms. The second kappa shape index (κ2) is 6.55. The van der Waals surface area contributed by atoms with Crippen molar-refractivity contribution in [3.05, 3.63) is 16.1 Å². The number of aryl methyl sites for hydroxylation is 1. The normalized spacial score (nSPS) is 21.0. The van der Waals surface area contributed by atoms with Gasteiger partial charge in [-0.25, -0.2) is 4.98 Å². The van der Waals surface area contributed by atoms with E-state index in [-0.39, 0.29) is 12.4 Å². The van der Waals surface area contributed by atoms with Gasteiger partial charge >= 0.3 is 0 Å². The Morgan fingerprint density at radius 2 is 2.44 bits per heavy atom. The summed E-state index contributed by atoms with van der Waals surface area (Å²) >= 11 is 1.84. The maximum Gasteiger partial charge on any atom is 0.107 e. The van der Waals surface area contributed by atoms with Crippen LogP contribution in [0.1, 0.15) is 29.7 Å². The summed E-state index contributed by atoms with van der Waals surface area (Å²) in [5, 5.41) is 1.24. The molecule has 1 atom stereocenters. The van der Waals surface area contributed by atoms with Gasteiger partial charge in [-0.1, -0.05) is 6.92 Å². The SMILES string of the molecule is CCc1cnc(CN2CCCC2CN)s1.Cl. The lowest BCUT2D eigenvalue weighted by atomic mass is 10.2. The molecular weight excluding hydrogens is 242 g/mol. The van der Waals surface area contributed by atoms with Crippen molar-refractivity contribution in [2.45, 2.75) is 38.8 Å². The molecule has 3 nitrogen and oxygen atoms in total. The molecule has 2 heterocycles. The molecule has 0 saturated carbocycles. The second-order valence-corrected chi connectivity index (χ2v) is 5.28. The lowest BCUT2D eigenvalue weighted by Crippen LogP contribution is -2.34. The number of likely N-dealkylation sites (tertiary alicyclic amines) is 1. The van der Waals surface area contributed by atoms with Crippen LogP contribution in [0.5, 0.6) is 0 Å². The van der Waals surface area contributed by atoms with Gasteiger partial charge in [-0.3, -0.25) is 4.90 Å². The Morgan fingerprint density at radius 1 is 1.62 bits per heavy atom. The van der Waals surface area contributed by atoms with E-state index in [0.29, 0.717) is 6.04 Å². The quantitative estimate of drug-likeness (QED) is 0.902. The van der Waals surface area contributed by atoms with E-state index in [1.54, 1.807) is 0 Å². The van der Waals surface area contributed by atoms with E-state index >= 15 is 0 Å². The maximum absolute atomic E-state index is 5.75. The number of nitrogens with two attached hydrogens (primary N) is 1. The van der Waals surface area contributed by atoms with Gasteiger partial charge in [0.25, 0.3) is 0 Å². The third-order valence-corrected chi connectivity index (χ3v) is 4.19. The molecule has 0 aliphatic carbocycles. The summed E-state index contributed by atoms with van der Waals surface area (Å²) < 4.78 is 0. The summed E-state index contributed by atoms with van der Waals surface area (Å²) in [6.07, 6.45) is 5.64. The maximum atomic E-state index is 5.75. The molecule has 1 aliphatic heterocycles. The molecule has 1 aromatic rings. The van der Waals surface area contributed by atoms with Crippen LogP contribution < -0.4 is 5.73 Å². The number of hydrogen-bond donors (Lipinski definition) is 1. The first-order valence-electron chi connectivity index (χ1n) is 5.71. The lowest BCUT2D eigenvalue weighted by Gasteiger charge is -2.21. The van der Waals surface area contributed by atoms with E-state index in [0.717, 1.165) is 19.5 Å². The number of thiazole rings is 1. The highest BCUT2D eigenvalue weighted by molar-refractivity contribution is 7.11. The van der Waals surface area contributed by atoms with Crippen LogP contribution in [0.25, 0.3) is 0 Å². The molecular formula is C11H20ClN3S. The summed E-state index contributed by atoms with van der Waals surface area (Å²) in [4.78, 5) is 8.31. The smallest absolute Gasteiger partial charge is 0.107 e. The van der Waals surface area contributed by atoms with Crippen LogP contribution in [-0.2, 0) is 13.0 Å². The topological polar surface area (TPSA) is 42.2 Å². The first-order valence-corrected chi connectivity index (χ1v) is 6.52. The van der Waals surface area contributed by atoms with Crippen molar-refractivity contribution in [1.82, 2.24) is 9.88 Å². The number of aromatic nitrogens is 1. The zero-order valence-electron chi connectivity index (χ0n) is 9.69. The number of nitrogens with zero attached hydrogens (tertiary/aromatic N) is 2. The molecule has 2 N–H and O–H groups in total. The van der Waals surface area contributed by atoms with E-state index in [1.807, 2.05) is 17.5 Å². The molecule has 1 fully saturated rings. The van der Waals surface area contributed by atoms with Gasteiger partial charge in [-0.05, 0) is 25.8 Å². The van der Waals surface area contributed by atoms with E-state index in [4.69, 9.17) is 5.73 Å². The first-order chi connectivity index (χ1) is 7.33. The fourth-order valence-corrected chi connectivity index (χ4v) is 3.02. The summed E-state index contributed by atoms with van der Waals surface area (Å²) in [7, 11) is 0. The lowest BCUT2D eigenvalue weighted by molar-refractivity contribution is 0.250. The largest absolute Gasteiger partial charge is 0.329 e. The van der Waals surface area contributed by atoms with Crippen molar-refractivity contribution in [2.75, 3.05) is 13.1 Å². The van der Waals surface area contributed by atoms with Gasteiger partial charge in [0.15, 0.2) is 0 Å². The summed E-state index contributed by atoms with van der Waals surface area (Å²) in [5.41, 5.74) is 5.75. The molecule has 92 valence electrons. The Balaban J connectivity index is 0.00000128. The summed E-state index contributed by atoms with van der Waals surface area (Å²) in [6, 6.07) is 0.582. The number of rotatable bonds is 4. The highest BCUT2D eigenvalue weighted by atomic mass is 35.5. The zero-order valence-corrected chi connectivity index (χ0v) is 11.3. The fraction of sp³-hybridized carbons (Fsp3) is 0.727. The van der Waals surface area contributed by atoms with Crippen molar-refractivity contribution in [2.24, 2.45) is 5.73 Å². The summed E-state index contributed by atoms with van der Waals surface area (Å²) in [5.74, 6) is 0. The van der Waals surface area contributed by atoms with Gasteiger partial charge in [0.2, 0.25) is 0 Å². The van der Waals surface area contributed by atoms with Gasteiger partial charge in [-0.15, -0.1) is 23.7 Å². The second-order valence-electron chi connectivity index (χ2n) is 4.08. The van der Waals surface area contributed by atoms with Gasteiger partial charge in [0.1, 0.15) is 5.01 Å². The molecule has 2 rings (SSSR count). The monoisotopic (exact) mass is 261 g/mol. The predicted molar refractivity (Wildman–Crippen MR) is 71.2 cm³/mol. The van der Waals surface area contributed by atoms with E-state index in [1.165, 1.54) is 29.3 Å². The molecule has 1 aliphatic rings. The minimum Gasteiger partial charge on any atom is -0.329 e. The van der Waals surface area contributed by atoms with Crippen molar-refractivity contribution in [1.29, 1.82) is 0 Å². The molecule has 0 radical (unpaired) electrons. The Kier molecular flexibility index (Phi) is 5.69. The molecule has 1 saturated heterocycles. The molecule has 0 amide bonds. The van der Waals surface area contributed by atoms with Crippen molar-refractivity contribution in [3.8, 4) is 0 Å². The van der Waals surface area contributed by atoms with Crippen LogP contribution in [-0.4, -0.2) is 29.0 Å². The Labute approximate surface area is 107 Å². The minimum atomic E-state index is 0. The van der Waals surface area contributed by atoms with E-state index < -0.39 is 0 Å². The van der Waals surface area contributed by atoms with Crippen LogP contribution in [0.3, 0.4) is 0 Å². The van der Waals surface area contributed by atoms with Crippen molar-refractivity contribution < 1.29 is 0 Å². The first kappa shape index (κ1) is 13.9. The number of hydrogen-bond acceptors (Lipinski definition) is 4. The van der Waals surface area contributed by atoms with Gasteiger partial charge in [0.05, 0.1) is 6.54 Å². The third kappa shape index (κ3) is 3.17. The zero-order chi connectivity index (χ0) is 10.7. The molecule has 5 heteroatoms. The van der Waals surface area contributed by atoms with Gasteiger partial charge in [-0.2, -0.15) is 0 Å². The van der Waals surface area contributed by atoms with Gasteiger partial charge < -0.3 is 5.73 Å². The van der Waals surface area contributed by atoms with Crippen LogP contribution in [0, 0.1) is 0 Å². The van der Waals surface area contributed by atoms with Crippen LogP contribution >= 0.6 is 23.7 Å². The van der Waals surface area contributed by atoms with Crippen LogP contribution in [0.4, 0.5) is 0 Å². The van der Waals surface area contributed by atoms with Crippen LogP contribution in [0.15, 0.2) is 6.20 Å². The van der Waals surface area contributed by atoms with E-state index in [9.17, 15) is 0 Å². The van der Waals surface area contributed by atoms with Crippen molar-refractivity contribution in [3.63, 3.8) is 0 Å². The Bertz CT molecular complexity index is 316. The Morgan fingerprint density at radius 3 is 3.06 bits per heavy atom. The average Bonchev–Trinajstić information content (AvgIpc) is 2.87. The predicted octanol–water partition coefficient (Wildman–Crippen LogP) is 2.05. The van der Waals surface area contributed by atoms with E-state index in [2.05, 4.69) is 16.8 Å². The molecule has 0 spiro atoms. The Hall–Kier alpha value is -0.160. The highest BCUT2D eigenvalue weighted by Crippen LogP contribution is 2.21. The molecule has 1 unspecified atom stereocenters. The standard InChI is InChI=1S/C11H19N3S.ClH/c1-2-10-7-13-11(15-10)8-14-5-3-4-9(14)6-12;/h7,9H,2-6,8,12H2,1H3;1H. The highest BCUT2D eigenvalue weighted by Gasteiger charge is 2.23. The molecule has 0 aromatic carbocycles. The van der Waals surface area contributed by atoms with Crippen LogP contribution in [0.2, 0.25) is 0 Å². The minimum absolute atomic E-state index is 0. The average molecular weight is 262 g/mol. The molecule has 0 bridgehead atoms. The molecule has 1 aromatic heterocycles. The van der Waals surface area contributed by atoms with Crippen molar-refractivity contribution >= 4 is 23.7 Å². The number of halogens is 1. The summed E-state index contributed by atoms with van der Waals surface area (Å²) in [6.45, 7) is 5.14. The third-order valence-electron chi connectivity index (χ3n) is 3.06. The fourth-order valence-electron chi connectivity index (χ4n) is 2.13.